The first-order chi connectivity index (χ1) is 3.06. The molecule has 0 spiro atoms. The van der Waals surface area contributed by atoms with Crippen LogP contribution in [0.1, 0.15) is 0 Å². The molecule has 6 heteroatoms. The molecule has 0 aromatic heterocycles. The molecule has 68 valence electrons. The second-order valence-corrected chi connectivity index (χ2v) is 1.71. The van der Waals surface area contributed by atoms with Crippen molar-refractivity contribution in [1.29, 1.82) is 0 Å². The van der Waals surface area contributed by atoms with E-state index in [9.17, 15) is 8.42 Å². The van der Waals surface area contributed by atoms with Crippen LogP contribution in [0.5, 0.6) is 0 Å². The second kappa shape index (κ2) is 9.14. The Hall–Kier alpha value is 0.138. The summed E-state index contributed by atoms with van der Waals surface area (Å²) >= 11 is 0. The quantitative estimate of drug-likeness (QED) is 0.452. The van der Waals surface area contributed by atoms with Gasteiger partial charge < -0.3 is 25.6 Å². The molecule has 0 rings (SSSR count). The molecule has 0 saturated heterocycles. The van der Waals surface area contributed by atoms with Gasteiger partial charge in [0.15, 0.2) is 0 Å². The van der Waals surface area contributed by atoms with Crippen LogP contribution in [0.25, 0.3) is 0 Å². The molecule has 0 aromatic carbocycles. The average molecular weight is 348 g/mol. The summed E-state index contributed by atoms with van der Waals surface area (Å²) in [6.45, 7) is 4.43. The minimum atomic E-state index is -4.35. The Labute approximate surface area is 76.5 Å². The van der Waals surface area contributed by atoms with Crippen molar-refractivity contribution < 1.29 is 38.2 Å². The fraction of sp³-hybridized carbons (Fsp3) is 0. The number of rotatable bonds is 2. The Morgan fingerprint density at radius 1 is 1.40 bits per heavy atom. The van der Waals surface area contributed by atoms with Crippen molar-refractivity contribution in [2.45, 2.75) is 0 Å². The summed E-state index contributed by atoms with van der Waals surface area (Å²) in [6, 6.07) is 0. The molecule has 0 amide bonds. The average Bonchev–Trinajstić information content (AvgIpc) is 1.30. The molecular weight excluding hydrogens is 339 g/mol. The van der Waals surface area contributed by atoms with Crippen LogP contribution in [0, 0.1) is 21.4 Å². The molecule has 10 heavy (non-hydrogen) atoms. The summed E-state index contributed by atoms with van der Waals surface area (Å²) < 4.78 is 30.0. The van der Waals surface area contributed by atoms with Crippen molar-refractivity contribution in [2.75, 3.05) is 0 Å². The molecule has 0 aromatic rings. The van der Waals surface area contributed by atoms with Crippen molar-refractivity contribution in [3.63, 3.8) is 0 Å². The monoisotopic (exact) mass is 348 g/mol. The van der Waals surface area contributed by atoms with E-state index in [-0.39, 0.29) is 35.9 Å². The Kier molecular flexibility index (Phi) is 20.5. The third-order valence-electron chi connectivity index (χ3n) is 0.177. The van der Waals surface area contributed by atoms with Crippen LogP contribution in [0.4, 0.5) is 0 Å². The van der Waals surface area contributed by atoms with Gasteiger partial charge in [-0.05, 0) is 0 Å². The van der Waals surface area contributed by atoms with Gasteiger partial charge in [-0.25, -0.2) is 0 Å². The van der Waals surface area contributed by atoms with Crippen molar-refractivity contribution in [3.8, 4) is 0 Å². The van der Waals surface area contributed by atoms with Gasteiger partial charge in [0, 0.05) is 21.1 Å². The molecule has 0 aliphatic rings. The predicted molar refractivity (Wildman–Crippen MR) is 34.3 cm³/mol. The minimum Gasteiger partial charge on any atom is -0.475 e. The Balaban J connectivity index is -0.0000000600. The Bertz CT molecular complexity index is 151. The summed E-state index contributed by atoms with van der Waals surface area (Å²) in [5, 5.41) is 0. The zero-order valence-electron chi connectivity index (χ0n) is 5.55. The minimum absolute atomic E-state index is 0. The van der Waals surface area contributed by atoms with Gasteiger partial charge >= 0.3 is 10.4 Å². The SMILES string of the molecule is [CH-]=COS(=O)(=O)O.[CH3-].[CH3-].[Pt]. The summed E-state index contributed by atoms with van der Waals surface area (Å²) in [5.41, 5.74) is 0. The van der Waals surface area contributed by atoms with Crippen LogP contribution in [0.2, 0.25) is 0 Å². The maximum atomic E-state index is 9.45. The molecule has 0 aliphatic carbocycles. The van der Waals surface area contributed by atoms with E-state index >= 15 is 0 Å². The van der Waals surface area contributed by atoms with E-state index in [4.69, 9.17) is 4.55 Å². The van der Waals surface area contributed by atoms with Crippen LogP contribution < -0.4 is 0 Å². The van der Waals surface area contributed by atoms with Crippen LogP contribution in [0.3, 0.4) is 0 Å². The standard InChI is InChI=1S/C2H3O4S.2CH3.Pt/c1-2-6-7(3,4)5;;;/h1-2H,(H,3,4,5);2*1H3;/q3*-1;. The molecule has 0 unspecified atom stereocenters. The molecule has 0 heterocycles. The summed E-state index contributed by atoms with van der Waals surface area (Å²) in [7, 11) is -4.35. The normalized spacial score (nSPS) is 7.30. The topological polar surface area (TPSA) is 63.6 Å². The molecule has 0 radical (unpaired) electrons. The third kappa shape index (κ3) is 24.2. The van der Waals surface area contributed by atoms with Gasteiger partial charge in [-0.3, -0.25) is 4.55 Å². The Morgan fingerprint density at radius 2 is 1.70 bits per heavy atom. The van der Waals surface area contributed by atoms with E-state index in [1.165, 1.54) is 0 Å². The van der Waals surface area contributed by atoms with Gasteiger partial charge in [0.05, 0.1) is 0 Å². The fourth-order valence-corrected chi connectivity index (χ4v) is 0.211. The van der Waals surface area contributed by atoms with E-state index in [1.807, 2.05) is 0 Å². The largest absolute Gasteiger partial charge is 0.475 e. The third-order valence-corrected chi connectivity index (χ3v) is 0.531. The van der Waals surface area contributed by atoms with E-state index in [0.717, 1.165) is 0 Å². The number of hydrogen-bond acceptors (Lipinski definition) is 3. The van der Waals surface area contributed by atoms with Gasteiger partial charge in [-0.2, -0.15) is 8.42 Å². The molecule has 1 N–H and O–H groups in total. The maximum Gasteiger partial charge on any atom is 0.443 e. The van der Waals surface area contributed by atoms with E-state index in [1.54, 1.807) is 0 Å². The van der Waals surface area contributed by atoms with Crippen LogP contribution in [0.15, 0.2) is 6.26 Å². The molecule has 4 nitrogen and oxygen atoms in total. The van der Waals surface area contributed by atoms with Crippen molar-refractivity contribution in [3.05, 3.63) is 27.7 Å². The molecule has 0 bridgehead atoms. The molecular formula is C4H9O4PtS-3. The van der Waals surface area contributed by atoms with Crippen molar-refractivity contribution in [1.82, 2.24) is 0 Å². The van der Waals surface area contributed by atoms with E-state index in [2.05, 4.69) is 10.8 Å². The first kappa shape index (κ1) is 22.5. The van der Waals surface area contributed by atoms with Crippen LogP contribution in [-0.4, -0.2) is 13.0 Å². The first-order valence-corrected chi connectivity index (χ1v) is 2.62. The summed E-state index contributed by atoms with van der Waals surface area (Å²) in [5.74, 6) is 0. The maximum absolute atomic E-state index is 9.45. The van der Waals surface area contributed by atoms with Gasteiger partial charge in [0.1, 0.15) is 0 Å². The van der Waals surface area contributed by atoms with Gasteiger partial charge in [-0.15, -0.1) is 0 Å². The molecule has 0 aliphatic heterocycles. The van der Waals surface area contributed by atoms with Gasteiger partial charge in [0.2, 0.25) is 0 Å². The van der Waals surface area contributed by atoms with Gasteiger partial charge in [-0.1, -0.05) is 6.26 Å². The van der Waals surface area contributed by atoms with Gasteiger partial charge in [0.25, 0.3) is 0 Å². The fourth-order valence-electron chi connectivity index (χ4n) is 0.0702. The smallest absolute Gasteiger partial charge is 0.443 e. The molecule has 0 fully saturated rings. The van der Waals surface area contributed by atoms with E-state index in [0.29, 0.717) is 6.26 Å². The Morgan fingerprint density at radius 3 is 1.70 bits per heavy atom. The van der Waals surface area contributed by atoms with E-state index < -0.39 is 10.4 Å². The van der Waals surface area contributed by atoms with Crippen LogP contribution >= 0.6 is 0 Å². The first-order valence-electron chi connectivity index (χ1n) is 1.25. The molecule has 0 atom stereocenters. The number of hydrogen-bond donors (Lipinski definition) is 1. The zero-order chi connectivity index (χ0) is 5.91. The zero-order valence-corrected chi connectivity index (χ0v) is 8.64. The summed E-state index contributed by atoms with van der Waals surface area (Å²) in [6.07, 6.45) is 0.370. The molecule has 0 saturated carbocycles. The predicted octanol–water partition coefficient (Wildman–Crippen LogP) is 0.651. The second-order valence-electron chi connectivity index (χ2n) is 0.660. The van der Waals surface area contributed by atoms with Crippen LogP contribution in [-0.2, 0) is 35.6 Å². The van der Waals surface area contributed by atoms with Crippen molar-refractivity contribution in [2.24, 2.45) is 0 Å². The summed E-state index contributed by atoms with van der Waals surface area (Å²) in [4.78, 5) is 0. The van der Waals surface area contributed by atoms with Crippen molar-refractivity contribution >= 4 is 10.4 Å².